The van der Waals surface area contributed by atoms with E-state index in [4.69, 9.17) is 21.1 Å². The van der Waals surface area contributed by atoms with Crippen LogP contribution in [0.15, 0.2) is 72.9 Å². The second kappa shape index (κ2) is 9.07. The van der Waals surface area contributed by atoms with E-state index in [1.807, 2.05) is 48.5 Å². The van der Waals surface area contributed by atoms with Gasteiger partial charge in [0.15, 0.2) is 0 Å². The fraction of sp³-hybridized carbons (Fsp3) is 0.120. The van der Waals surface area contributed by atoms with Gasteiger partial charge >= 0.3 is 0 Å². The molecule has 4 aromatic rings. The van der Waals surface area contributed by atoms with Crippen LogP contribution in [-0.4, -0.2) is 22.8 Å². The zero-order chi connectivity index (χ0) is 23.7. The van der Waals surface area contributed by atoms with Crippen LogP contribution in [0.1, 0.15) is 27.7 Å². The van der Waals surface area contributed by atoms with Crippen molar-refractivity contribution in [1.29, 1.82) is 0 Å². The number of benzene rings is 3. The molecule has 0 fully saturated rings. The number of methoxy groups -OCH3 is 1. The number of para-hydroxylation sites is 1. The minimum absolute atomic E-state index is 0.0156. The van der Waals surface area contributed by atoms with Crippen LogP contribution >= 0.6 is 11.6 Å². The average Bonchev–Trinajstić information content (AvgIpc) is 3.30. The summed E-state index contributed by atoms with van der Waals surface area (Å²) in [5, 5.41) is 10.7. The zero-order valence-corrected chi connectivity index (χ0v) is 18.8. The number of aromatic nitrogens is 2. The topological polar surface area (TPSA) is 77.4 Å². The molecule has 0 unspecified atom stereocenters. The SMILES string of the molecule is COc1ccc([C@H]2NC(=O)c3cnn(-c4ccccc4)c3N2)cc1COc1ccc(F)c(Cl)c1. The number of amides is 1. The summed E-state index contributed by atoms with van der Waals surface area (Å²) in [4.78, 5) is 12.8. The first kappa shape index (κ1) is 21.8. The van der Waals surface area contributed by atoms with Gasteiger partial charge in [0.2, 0.25) is 0 Å². The van der Waals surface area contributed by atoms with E-state index < -0.39 is 12.0 Å². The summed E-state index contributed by atoms with van der Waals surface area (Å²) in [7, 11) is 1.57. The molecule has 1 amide bonds. The van der Waals surface area contributed by atoms with Crippen molar-refractivity contribution in [3.8, 4) is 17.2 Å². The first-order valence-corrected chi connectivity index (χ1v) is 10.9. The molecule has 2 N–H and O–H groups in total. The first-order chi connectivity index (χ1) is 16.5. The van der Waals surface area contributed by atoms with E-state index in [1.165, 1.54) is 18.2 Å². The first-order valence-electron chi connectivity index (χ1n) is 10.5. The number of rotatable bonds is 6. The Labute approximate surface area is 200 Å². The highest BCUT2D eigenvalue weighted by atomic mass is 35.5. The van der Waals surface area contributed by atoms with Crippen LogP contribution in [0, 0.1) is 5.82 Å². The number of fused-ring (bicyclic) bond motifs is 1. The molecule has 1 atom stereocenters. The van der Waals surface area contributed by atoms with Crippen LogP contribution in [-0.2, 0) is 6.61 Å². The van der Waals surface area contributed by atoms with E-state index in [0.29, 0.717) is 22.9 Å². The van der Waals surface area contributed by atoms with Crippen molar-refractivity contribution >= 4 is 23.3 Å². The third-order valence-electron chi connectivity index (χ3n) is 5.49. The molecule has 1 aliphatic heterocycles. The monoisotopic (exact) mass is 478 g/mol. The van der Waals surface area contributed by atoms with Crippen molar-refractivity contribution < 1.29 is 18.7 Å². The van der Waals surface area contributed by atoms with Crippen LogP contribution in [0.25, 0.3) is 5.69 Å². The Hall–Kier alpha value is -4.04. The Morgan fingerprint density at radius 3 is 2.68 bits per heavy atom. The van der Waals surface area contributed by atoms with Crippen molar-refractivity contribution in [1.82, 2.24) is 15.1 Å². The summed E-state index contributed by atoms with van der Waals surface area (Å²) in [6.45, 7) is 0.160. The molecule has 5 rings (SSSR count). The van der Waals surface area contributed by atoms with Crippen molar-refractivity contribution in [2.45, 2.75) is 12.8 Å². The molecule has 0 aliphatic carbocycles. The molecule has 7 nitrogen and oxygen atoms in total. The summed E-state index contributed by atoms with van der Waals surface area (Å²) in [5.74, 6) is 0.917. The number of carbonyl (C=O) groups excluding carboxylic acids is 1. The lowest BCUT2D eigenvalue weighted by Gasteiger charge is -2.27. The number of hydrogen-bond acceptors (Lipinski definition) is 5. The van der Waals surface area contributed by atoms with Crippen molar-refractivity contribution in [3.63, 3.8) is 0 Å². The summed E-state index contributed by atoms with van der Waals surface area (Å²) < 4.78 is 26.4. The third-order valence-corrected chi connectivity index (χ3v) is 5.78. The Morgan fingerprint density at radius 1 is 1.09 bits per heavy atom. The van der Waals surface area contributed by atoms with Gasteiger partial charge in [0.1, 0.15) is 41.5 Å². The standard InChI is InChI=1S/C25H20ClFN4O3/c1-33-22-10-7-15(11-16(22)14-34-18-8-9-21(27)20(26)12-18)23-29-24-19(25(32)30-23)13-28-31(24)17-5-3-2-4-6-17/h2-13,23,29H,14H2,1H3,(H,30,32)/t23-/m1/s1. The number of hydrogen-bond donors (Lipinski definition) is 2. The predicted octanol–water partition coefficient (Wildman–Crippen LogP) is 5.11. The van der Waals surface area contributed by atoms with Gasteiger partial charge in [0.05, 0.1) is 24.0 Å². The van der Waals surface area contributed by atoms with E-state index in [2.05, 4.69) is 15.7 Å². The van der Waals surface area contributed by atoms with Crippen LogP contribution in [0.4, 0.5) is 10.2 Å². The van der Waals surface area contributed by atoms with Crippen molar-refractivity contribution in [2.24, 2.45) is 0 Å². The fourth-order valence-electron chi connectivity index (χ4n) is 3.79. The smallest absolute Gasteiger partial charge is 0.258 e. The minimum atomic E-state index is -0.512. The number of nitrogens with one attached hydrogen (secondary N) is 2. The van der Waals surface area contributed by atoms with Gasteiger partial charge in [-0.1, -0.05) is 35.9 Å². The lowest BCUT2D eigenvalue weighted by Crippen LogP contribution is -2.38. The predicted molar refractivity (Wildman–Crippen MR) is 126 cm³/mol. The molecular weight excluding hydrogens is 459 g/mol. The van der Waals surface area contributed by atoms with Gasteiger partial charge in [0, 0.05) is 11.6 Å². The molecule has 34 heavy (non-hydrogen) atoms. The highest BCUT2D eigenvalue weighted by Crippen LogP contribution is 2.31. The zero-order valence-electron chi connectivity index (χ0n) is 18.1. The molecule has 1 aliphatic rings. The van der Waals surface area contributed by atoms with Gasteiger partial charge in [-0.2, -0.15) is 5.10 Å². The Kier molecular flexibility index (Phi) is 5.81. The molecular formula is C25H20ClFN4O3. The molecule has 0 bridgehead atoms. The summed E-state index contributed by atoms with van der Waals surface area (Å²) in [5.41, 5.74) is 2.85. The van der Waals surface area contributed by atoms with Crippen molar-refractivity contribution in [3.05, 3.63) is 100 Å². The lowest BCUT2D eigenvalue weighted by atomic mass is 10.1. The summed E-state index contributed by atoms with van der Waals surface area (Å²) in [6, 6.07) is 19.3. The molecule has 1 aromatic heterocycles. The van der Waals surface area contributed by atoms with Crippen LogP contribution in [0.5, 0.6) is 11.5 Å². The van der Waals surface area contributed by atoms with E-state index in [9.17, 15) is 9.18 Å². The number of carbonyl (C=O) groups is 1. The number of ether oxygens (including phenoxy) is 2. The van der Waals surface area contributed by atoms with Crippen LogP contribution < -0.4 is 20.1 Å². The molecule has 0 saturated heterocycles. The maximum atomic E-state index is 13.4. The largest absolute Gasteiger partial charge is 0.496 e. The van der Waals surface area contributed by atoms with Gasteiger partial charge < -0.3 is 20.1 Å². The molecule has 0 radical (unpaired) electrons. The fourth-order valence-corrected chi connectivity index (χ4v) is 3.96. The molecule has 0 spiro atoms. The van der Waals surface area contributed by atoms with E-state index in [1.54, 1.807) is 18.0 Å². The second-order valence-corrected chi connectivity index (χ2v) is 8.05. The molecule has 172 valence electrons. The quantitative estimate of drug-likeness (QED) is 0.403. The highest BCUT2D eigenvalue weighted by Gasteiger charge is 2.29. The van der Waals surface area contributed by atoms with Gasteiger partial charge in [-0.25, -0.2) is 9.07 Å². The summed E-state index contributed by atoms with van der Waals surface area (Å²) >= 11 is 5.85. The second-order valence-electron chi connectivity index (χ2n) is 7.64. The van der Waals surface area contributed by atoms with E-state index in [0.717, 1.165) is 16.8 Å². The molecule has 2 heterocycles. The minimum Gasteiger partial charge on any atom is -0.496 e. The Balaban J connectivity index is 1.42. The number of halogens is 2. The van der Waals surface area contributed by atoms with Gasteiger partial charge in [-0.3, -0.25) is 4.79 Å². The van der Waals surface area contributed by atoms with Crippen LogP contribution in [0.3, 0.4) is 0 Å². The molecule has 0 saturated carbocycles. The van der Waals surface area contributed by atoms with Gasteiger partial charge in [-0.15, -0.1) is 0 Å². The Morgan fingerprint density at radius 2 is 1.91 bits per heavy atom. The van der Waals surface area contributed by atoms with Gasteiger partial charge in [-0.05, 0) is 42.0 Å². The maximum Gasteiger partial charge on any atom is 0.258 e. The van der Waals surface area contributed by atoms with Crippen LogP contribution in [0.2, 0.25) is 5.02 Å². The van der Waals surface area contributed by atoms with Gasteiger partial charge in [0.25, 0.3) is 5.91 Å². The maximum absolute atomic E-state index is 13.4. The lowest BCUT2D eigenvalue weighted by molar-refractivity contribution is 0.0935. The molecule has 9 heteroatoms. The number of anilines is 1. The average molecular weight is 479 g/mol. The van der Waals surface area contributed by atoms with E-state index in [-0.39, 0.29) is 17.5 Å². The highest BCUT2D eigenvalue weighted by molar-refractivity contribution is 6.30. The van der Waals surface area contributed by atoms with Crippen molar-refractivity contribution in [2.75, 3.05) is 12.4 Å². The normalized spacial score (nSPS) is 14.7. The molecule has 3 aromatic carbocycles. The summed E-state index contributed by atoms with van der Waals surface area (Å²) in [6.07, 6.45) is 1.05. The van der Waals surface area contributed by atoms with E-state index >= 15 is 0 Å². The Bertz CT molecular complexity index is 1360. The number of nitrogens with zero attached hydrogens (tertiary/aromatic N) is 2. The third kappa shape index (κ3) is 4.15.